The number of anilines is 1. The second-order valence-electron chi connectivity index (χ2n) is 3.30. The van der Waals surface area contributed by atoms with E-state index in [0.717, 1.165) is 6.07 Å². The van der Waals surface area contributed by atoms with Crippen LogP contribution >= 0.6 is 0 Å². The van der Waals surface area contributed by atoms with Crippen LogP contribution in [0.15, 0.2) is 12.1 Å². The van der Waals surface area contributed by atoms with Crippen molar-refractivity contribution in [3.63, 3.8) is 0 Å². The van der Waals surface area contributed by atoms with Gasteiger partial charge in [-0.25, -0.2) is 13.2 Å². The largest absolute Gasteiger partial charge is 0.375 e. The van der Waals surface area contributed by atoms with Gasteiger partial charge in [0.25, 0.3) is 0 Å². The SMILES string of the molecule is Cn1nnc(CNc2cc(F)cc(F)c2F)n1. The van der Waals surface area contributed by atoms with E-state index in [1.54, 1.807) is 7.05 Å². The summed E-state index contributed by atoms with van der Waals surface area (Å²) >= 11 is 0. The van der Waals surface area contributed by atoms with Gasteiger partial charge in [0, 0.05) is 12.1 Å². The molecule has 2 aromatic rings. The van der Waals surface area contributed by atoms with Gasteiger partial charge in [0.1, 0.15) is 5.82 Å². The number of benzene rings is 1. The molecule has 17 heavy (non-hydrogen) atoms. The summed E-state index contributed by atoms with van der Waals surface area (Å²) in [6.07, 6.45) is 0. The van der Waals surface area contributed by atoms with Crippen molar-refractivity contribution < 1.29 is 13.2 Å². The van der Waals surface area contributed by atoms with E-state index in [9.17, 15) is 13.2 Å². The van der Waals surface area contributed by atoms with Crippen LogP contribution in [0, 0.1) is 17.5 Å². The zero-order valence-corrected chi connectivity index (χ0v) is 8.78. The molecule has 1 aromatic heterocycles. The lowest BCUT2D eigenvalue weighted by Crippen LogP contribution is -2.05. The Bertz CT molecular complexity index is 539. The van der Waals surface area contributed by atoms with Gasteiger partial charge >= 0.3 is 0 Å². The maximum Gasteiger partial charge on any atom is 0.193 e. The van der Waals surface area contributed by atoms with Gasteiger partial charge in [0.15, 0.2) is 17.5 Å². The van der Waals surface area contributed by atoms with Crippen LogP contribution in [0.3, 0.4) is 0 Å². The Morgan fingerprint density at radius 1 is 1.29 bits per heavy atom. The Hall–Kier alpha value is -2.12. The van der Waals surface area contributed by atoms with Crippen LogP contribution in [0.4, 0.5) is 18.9 Å². The number of hydrogen-bond donors (Lipinski definition) is 1. The van der Waals surface area contributed by atoms with E-state index < -0.39 is 17.5 Å². The van der Waals surface area contributed by atoms with Gasteiger partial charge in [0.05, 0.1) is 19.3 Å². The molecule has 1 N–H and O–H groups in total. The number of aryl methyl sites for hydroxylation is 1. The zero-order chi connectivity index (χ0) is 12.4. The number of tetrazole rings is 1. The summed E-state index contributed by atoms with van der Waals surface area (Å²) < 4.78 is 38.9. The van der Waals surface area contributed by atoms with Gasteiger partial charge in [-0.15, -0.1) is 10.2 Å². The highest BCUT2D eigenvalue weighted by molar-refractivity contribution is 5.45. The normalized spacial score (nSPS) is 10.6. The fraction of sp³-hybridized carbons (Fsp3) is 0.222. The lowest BCUT2D eigenvalue weighted by Gasteiger charge is -2.05. The third kappa shape index (κ3) is 2.52. The molecule has 1 aromatic carbocycles. The molecule has 0 bridgehead atoms. The maximum absolute atomic E-state index is 13.2. The van der Waals surface area contributed by atoms with Crippen molar-refractivity contribution in [1.29, 1.82) is 0 Å². The molecular formula is C9H8F3N5. The van der Waals surface area contributed by atoms with Crippen LogP contribution < -0.4 is 5.32 Å². The van der Waals surface area contributed by atoms with Crippen molar-refractivity contribution in [1.82, 2.24) is 20.2 Å². The van der Waals surface area contributed by atoms with Crippen LogP contribution in [0.1, 0.15) is 5.82 Å². The number of hydrogen-bond acceptors (Lipinski definition) is 4. The number of halogens is 3. The maximum atomic E-state index is 13.2. The predicted octanol–water partition coefficient (Wildman–Crippen LogP) is 1.24. The minimum Gasteiger partial charge on any atom is -0.375 e. The number of rotatable bonds is 3. The molecule has 0 radical (unpaired) electrons. The van der Waals surface area contributed by atoms with E-state index >= 15 is 0 Å². The van der Waals surface area contributed by atoms with E-state index in [0.29, 0.717) is 6.07 Å². The molecule has 0 aliphatic rings. The Morgan fingerprint density at radius 2 is 2.06 bits per heavy atom. The van der Waals surface area contributed by atoms with Gasteiger partial charge in [-0.3, -0.25) is 0 Å². The summed E-state index contributed by atoms with van der Waals surface area (Å²) in [4.78, 5) is 1.22. The van der Waals surface area contributed by atoms with Crippen LogP contribution in [-0.4, -0.2) is 20.2 Å². The van der Waals surface area contributed by atoms with Crippen molar-refractivity contribution in [3.05, 3.63) is 35.4 Å². The average Bonchev–Trinajstić information content (AvgIpc) is 2.67. The minimum absolute atomic E-state index is 0.0215. The summed E-state index contributed by atoms with van der Waals surface area (Å²) in [5, 5.41) is 13.5. The monoisotopic (exact) mass is 243 g/mol. The van der Waals surface area contributed by atoms with E-state index in [2.05, 4.69) is 20.7 Å². The second kappa shape index (κ2) is 4.40. The molecule has 0 unspecified atom stereocenters. The molecule has 0 aliphatic heterocycles. The number of aromatic nitrogens is 4. The number of nitrogens with one attached hydrogen (secondary N) is 1. The van der Waals surface area contributed by atoms with Crippen molar-refractivity contribution >= 4 is 5.69 Å². The molecule has 8 heteroatoms. The molecule has 0 saturated carbocycles. The molecule has 0 aliphatic carbocycles. The molecule has 1 heterocycles. The summed E-state index contributed by atoms with van der Waals surface area (Å²) in [7, 11) is 1.57. The van der Waals surface area contributed by atoms with Crippen LogP contribution in [0.2, 0.25) is 0 Å². The van der Waals surface area contributed by atoms with E-state index in [-0.39, 0.29) is 18.1 Å². The molecule has 0 fully saturated rings. The molecule has 5 nitrogen and oxygen atoms in total. The highest BCUT2D eigenvalue weighted by Crippen LogP contribution is 2.19. The van der Waals surface area contributed by atoms with Gasteiger partial charge in [-0.2, -0.15) is 4.80 Å². The molecule has 2 rings (SSSR count). The van der Waals surface area contributed by atoms with Gasteiger partial charge in [0.2, 0.25) is 0 Å². The second-order valence-corrected chi connectivity index (χ2v) is 3.30. The molecule has 0 saturated heterocycles. The van der Waals surface area contributed by atoms with Crippen LogP contribution in [0.25, 0.3) is 0 Å². The summed E-state index contributed by atoms with van der Waals surface area (Å²) in [5.74, 6) is -2.97. The lowest BCUT2D eigenvalue weighted by molar-refractivity contribution is 0.497. The standard InChI is InChI=1S/C9H8F3N5/c1-17-15-8(14-16-17)4-13-7-3-5(10)2-6(11)9(7)12/h2-3,13H,4H2,1H3. The van der Waals surface area contributed by atoms with Gasteiger partial charge < -0.3 is 5.32 Å². The van der Waals surface area contributed by atoms with Crippen LogP contribution in [0.5, 0.6) is 0 Å². The quantitative estimate of drug-likeness (QED) is 0.824. The smallest absolute Gasteiger partial charge is 0.193 e. The Morgan fingerprint density at radius 3 is 2.71 bits per heavy atom. The molecule has 0 amide bonds. The first-order valence-corrected chi connectivity index (χ1v) is 4.67. The van der Waals surface area contributed by atoms with Crippen LogP contribution in [-0.2, 0) is 13.6 Å². The Labute approximate surface area is 94.2 Å². The van der Waals surface area contributed by atoms with Gasteiger partial charge in [-0.1, -0.05) is 0 Å². The fourth-order valence-electron chi connectivity index (χ4n) is 1.25. The van der Waals surface area contributed by atoms with E-state index in [1.165, 1.54) is 4.80 Å². The first kappa shape index (κ1) is 11.4. The molecular weight excluding hydrogens is 235 g/mol. The minimum atomic E-state index is -1.25. The topological polar surface area (TPSA) is 55.6 Å². The Kier molecular flexibility index (Phi) is 2.94. The number of nitrogens with zero attached hydrogens (tertiary/aromatic N) is 4. The van der Waals surface area contributed by atoms with Crippen molar-refractivity contribution in [2.75, 3.05) is 5.32 Å². The van der Waals surface area contributed by atoms with Crippen molar-refractivity contribution in [2.24, 2.45) is 7.05 Å². The lowest BCUT2D eigenvalue weighted by atomic mass is 10.3. The fourth-order valence-corrected chi connectivity index (χ4v) is 1.25. The first-order valence-electron chi connectivity index (χ1n) is 4.67. The molecule has 0 spiro atoms. The summed E-state index contributed by atoms with van der Waals surface area (Å²) in [5.41, 5.74) is -0.282. The third-order valence-electron chi connectivity index (χ3n) is 1.98. The van der Waals surface area contributed by atoms with Gasteiger partial charge in [-0.05, 0) is 5.21 Å². The predicted molar refractivity (Wildman–Crippen MR) is 52.4 cm³/mol. The van der Waals surface area contributed by atoms with Crippen molar-refractivity contribution in [2.45, 2.75) is 6.54 Å². The zero-order valence-electron chi connectivity index (χ0n) is 8.78. The highest BCUT2D eigenvalue weighted by Gasteiger charge is 2.11. The Balaban J connectivity index is 2.14. The first-order chi connectivity index (χ1) is 8.06. The van der Waals surface area contributed by atoms with E-state index in [4.69, 9.17) is 0 Å². The molecule has 90 valence electrons. The third-order valence-corrected chi connectivity index (χ3v) is 1.98. The summed E-state index contributed by atoms with van der Waals surface area (Å²) in [6, 6.07) is 1.33. The average molecular weight is 243 g/mol. The van der Waals surface area contributed by atoms with E-state index in [1.807, 2.05) is 0 Å². The summed E-state index contributed by atoms with van der Waals surface area (Å²) in [6.45, 7) is 0.0215. The van der Waals surface area contributed by atoms with Crippen molar-refractivity contribution in [3.8, 4) is 0 Å². The molecule has 0 atom stereocenters. The highest BCUT2D eigenvalue weighted by atomic mass is 19.2.